The molecule has 0 unspecified atom stereocenters. The minimum Gasteiger partial charge on any atom is -0.392 e. The predicted molar refractivity (Wildman–Crippen MR) is 143 cm³/mol. The maximum Gasteiger partial charge on any atom is 0.142 e. The topological polar surface area (TPSA) is 64.5 Å². The molecule has 0 heterocycles. The molecule has 4 nitrogen and oxygen atoms in total. The molecular weight excluding hydrogens is 505 g/mol. The number of halogens is 4. The monoisotopic (exact) mass is 542 g/mol. The van der Waals surface area contributed by atoms with Crippen LogP contribution in [0.2, 0.25) is 10.0 Å². The summed E-state index contributed by atoms with van der Waals surface area (Å²) >= 11 is 11.5. The maximum absolute atomic E-state index is 13.6. The first-order chi connectivity index (χ1) is 17.2. The van der Waals surface area contributed by atoms with Crippen molar-refractivity contribution in [2.45, 2.75) is 74.4 Å². The van der Waals surface area contributed by atoms with Gasteiger partial charge in [-0.05, 0) is 75.2 Å². The second-order valence-electron chi connectivity index (χ2n) is 10.2. The van der Waals surface area contributed by atoms with Gasteiger partial charge >= 0.3 is 0 Å². The third-order valence-electron chi connectivity index (χ3n) is 7.95. The predicted octanol–water partition coefficient (Wildman–Crippen LogP) is 5.74. The molecule has 8 heteroatoms. The van der Waals surface area contributed by atoms with Crippen LogP contribution in [0.25, 0.3) is 0 Å². The second kappa shape index (κ2) is 13.0. The van der Waals surface area contributed by atoms with Gasteiger partial charge in [0.25, 0.3) is 0 Å². The smallest absolute Gasteiger partial charge is 0.142 e. The fourth-order valence-corrected chi connectivity index (χ4v) is 6.21. The van der Waals surface area contributed by atoms with Gasteiger partial charge in [0, 0.05) is 23.9 Å². The van der Waals surface area contributed by atoms with E-state index in [1.807, 2.05) is 26.2 Å². The van der Waals surface area contributed by atoms with Crippen molar-refractivity contribution in [1.29, 1.82) is 0 Å². The fourth-order valence-electron chi connectivity index (χ4n) is 5.97. The van der Waals surface area contributed by atoms with Crippen molar-refractivity contribution < 1.29 is 19.0 Å². The van der Waals surface area contributed by atoms with E-state index in [1.54, 1.807) is 12.1 Å². The molecule has 0 radical (unpaired) electrons. The first-order valence-electron chi connectivity index (χ1n) is 12.8. The summed E-state index contributed by atoms with van der Waals surface area (Å²) < 4.78 is 27.3. The molecule has 2 aliphatic carbocycles. The summed E-state index contributed by atoms with van der Waals surface area (Å²) in [5, 5.41) is 27.2. The summed E-state index contributed by atoms with van der Waals surface area (Å²) in [4.78, 5) is 0. The van der Waals surface area contributed by atoms with Gasteiger partial charge in [-0.15, -0.1) is 0 Å². The van der Waals surface area contributed by atoms with E-state index < -0.39 is 34.7 Å². The average molecular weight is 544 g/mol. The van der Waals surface area contributed by atoms with Gasteiger partial charge in [-0.25, -0.2) is 8.78 Å². The van der Waals surface area contributed by atoms with Crippen LogP contribution in [-0.2, 0) is 10.8 Å². The van der Waals surface area contributed by atoms with E-state index >= 15 is 0 Å². The molecule has 4 rings (SSSR count). The second-order valence-corrected chi connectivity index (χ2v) is 11.0. The summed E-state index contributed by atoms with van der Waals surface area (Å²) in [6.45, 7) is 1.30. The highest BCUT2D eigenvalue weighted by molar-refractivity contribution is 6.31. The van der Waals surface area contributed by atoms with Crippen molar-refractivity contribution in [2.75, 3.05) is 27.2 Å². The Hall–Kier alpha value is -1.28. The number of hydrogen-bond donors (Lipinski definition) is 4. The molecule has 0 aromatic heterocycles. The molecule has 200 valence electrons. The van der Waals surface area contributed by atoms with Crippen molar-refractivity contribution in [3.05, 3.63) is 69.2 Å². The Morgan fingerprint density at radius 1 is 0.750 bits per heavy atom. The maximum atomic E-state index is 13.6. The van der Waals surface area contributed by atoms with Gasteiger partial charge in [0.1, 0.15) is 11.6 Å². The Kier molecular flexibility index (Phi) is 10.6. The number of likely N-dealkylation sites (N-methyl/N-ethyl adjacent to an activating group) is 2. The van der Waals surface area contributed by atoms with Crippen molar-refractivity contribution in [3.63, 3.8) is 0 Å². The molecule has 4 N–H and O–H groups in total. The van der Waals surface area contributed by atoms with Crippen LogP contribution >= 0.6 is 23.2 Å². The number of hydrogen-bond acceptors (Lipinski definition) is 4. The zero-order valence-corrected chi connectivity index (χ0v) is 22.6. The molecule has 2 aromatic rings. The molecule has 0 spiro atoms. The molecule has 0 aliphatic heterocycles. The van der Waals surface area contributed by atoms with E-state index in [0.29, 0.717) is 13.1 Å². The molecular formula is C28H38Cl2F2N2O2. The molecule has 36 heavy (non-hydrogen) atoms. The molecule has 0 saturated heterocycles. The average Bonchev–Trinajstić information content (AvgIpc) is 2.86. The van der Waals surface area contributed by atoms with Gasteiger partial charge in [-0.3, -0.25) is 0 Å². The Bertz CT molecular complexity index is 924. The van der Waals surface area contributed by atoms with Crippen LogP contribution in [-0.4, -0.2) is 49.6 Å². The van der Waals surface area contributed by atoms with Gasteiger partial charge in [-0.1, -0.05) is 61.0 Å². The van der Waals surface area contributed by atoms with Crippen LogP contribution in [0.5, 0.6) is 0 Å². The Morgan fingerprint density at radius 2 is 1.14 bits per heavy atom. The lowest BCUT2D eigenvalue weighted by Crippen LogP contribution is -2.48. The quantitative estimate of drug-likeness (QED) is 0.375. The van der Waals surface area contributed by atoms with E-state index in [1.165, 1.54) is 12.1 Å². The summed E-state index contributed by atoms with van der Waals surface area (Å²) in [5.74, 6) is -0.829. The Balaban J connectivity index is 0.000000201. The molecule has 2 fully saturated rings. The van der Waals surface area contributed by atoms with Gasteiger partial charge in [0.05, 0.1) is 22.3 Å². The Labute approximate surface area is 223 Å². The normalized spacial score (nSPS) is 28.3. The molecule has 2 aromatic carbocycles. The first-order valence-corrected chi connectivity index (χ1v) is 13.5. The lowest BCUT2D eigenvalue weighted by atomic mass is 9.67. The zero-order chi connectivity index (χ0) is 26.3. The SMILES string of the molecule is CNC[C@@]1(c2ccc(Cl)c(F)c2)CCCC[C@@H]1O.CNC[C@]1(c2ccc(Cl)c(F)c2)CCCC[C@H]1O. The van der Waals surface area contributed by atoms with Crippen LogP contribution in [0, 0.1) is 11.6 Å². The molecule has 0 bridgehead atoms. The van der Waals surface area contributed by atoms with Crippen LogP contribution in [0.3, 0.4) is 0 Å². The molecule has 0 amide bonds. The van der Waals surface area contributed by atoms with Crippen LogP contribution in [0.15, 0.2) is 36.4 Å². The van der Waals surface area contributed by atoms with Crippen LogP contribution in [0.4, 0.5) is 8.78 Å². The number of aliphatic hydroxyl groups excluding tert-OH is 2. The third-order valence-corrected chi connectivity index (χ3v) is 8.56. The van der Waals surface area contributed by atoms with Gasteiger partial charge < -0.3 is 20.8 Å². The molecule has 2 saturated carbocycles. The van der Waals surface area contributed by atoms with E-state index in [4.69, 9.17) is 23.2 Å². The lowest BCUT2D eigenvalue weighted by Gasteiger charge is -2.42. The zero-order valence-electron chi connectivity index (χ0n) is 21.1. The van der Waals surface area contributed by atoms with E-state index in [0.717, 1.165) is 62.5 Å². The summed E-state index contributed by atoms with van der Waals surface area (Å²) in [6.07, 6.45) is 6.60. The summed E-state index contributed by atoms with van der Waals surface area (Å²) in [5.41, 5.74) is 0.897. The van der Waals surface area contributed by atoms with E-state index in [-0.39, 0.29) is 10.0 Å². The minimum absolute atomic E-state index is 0.128. The van der Waals surface area contributed by atoms with Crippen molar-refractivity contribution in [1.82, 2.24) is 10.6 Å². The van der Waals surface area contributed by atoms with Crippen molar-refractivity contribution in [2.24, 2.45) is 0 Å². The fraction of sp³-hybridized carbons (Fsp3) is 0.571. The highest BCUT2D eigenvalue weighted by Crippen LogP contribution is 2.41. The van der Waals surface area contributed by atoms with Gasteiger partial charge in [-0.2, -0.15) is 0 Å². The van der Waals surface area contributed by atoms with Crippen LogP contribution in [0.1, 0.15) is 62.5 Å². The van der Waals surface area contributed by atoms with Gasteiger partial charge in [0.2, 0.25) is 0 Å². The van der Waals surface area contributed by atoms with Crippen molar-refractivity contribution >= 4 is 23.2 Å². The third kappa shape index (κ3) is 6.23. The molecule has 2 aliphatic rings. The lowest BCUT2D eigenvalue weighted by molar-refractivity contribution is 0.0421. The first kappa shape index (κ1) is 29.3. The summed E-state index contributed by atoms with van der Waals surface area (Å²) in [6, 6.07) is 9.74. The van der Waals surface area contributed by atoms with Gasteiger partial charge in [0.15, 0.2) is 0 Å². The number of nitrogens with one attached hydrogen (secondary N) is 2. The standard InChI is InChI=1S/2C14H19ClFNO/c2*1-17-9-14(7-3-2-4-13(14)18)10-5-6-11(15)12(16)8-10/h2*5-6,8,13,17-18H,2-4,7,9H2,1H3/t2*13-,14+/m10/s1. The minimum atomic E-state index is -0.431. The highest BCUT2D eigenvalue weighted by Gasteiger charge is 2.42. The van der Waals surface area contributed by atoms with Crippen molar-refractivity contribution in [3.8, 4) is 0 Å². The molecule has 4 atom stereocenters. The van der Waals surface area contributed by atoms with E-state index in [2.05, 4.69) is 10.6 Å². The number of aliphatic hydroxyl groups is 2. The highest BCUT2D eigenvalue weighted by atomic mass is 35.5. The van der Waals surface area contributed by atoms with E-state index in [9.17, 15) is 19.0 Å². The van der Waals surface area contributed by atoms with Crippen LogP contribution < -0.4 is 10.6 Å². The number of rotatable bonds is 6. The number of benzene rings is 2. The Morgan fingerprint density at radius 3 is 1.44 bits per heavy atom. The summed E-state index contributed by atoms with van der Waals surface area (Å²) in [7, 11) is 3.71. The largest absolute Gasteiger partial charge is 0.392 e.